The lowest BCUT2D eigenvalue weighted by Gasteiger charge is -2.25. The summed E-state index contributed by atoms with van der Waals surface area (Å²) in [5, 5.41) is 6.36. The van der Waals surface area contributed by atoms with E-state index in [4.69, 9.17) is 0 Å². The van der Waals surface area contributed by atoms with Crippen molar-refractivity contribution in [3.05, 3.63) is 70.6 Å². The van der Waals surface area contributed by atoms with Crippen molar-refractivity contribution in [1.29, 1.82) is 0 Å². The highest BCUT2D eigenvalue weighted by atomic mass is 79.9. The van der Waals surface area contributed by atoms with Crippen LogP contribution in [0.1, 0.15) is 23.7 Å². The standard InChI is InChI=1S/C20H19BrN4O/c21-15-5-3-4-13(8-15)18-11-23-19(24-18)12-22-10-14-9-20(26)25-17-7-2-1-6-16(14)17/h1-8,11,14,22H,9-10,12H2,(H,23,24)(H,25,26). The van der Waals surface area contributed by atoms with Crippen molar-refractivity contribution in [3.8, 4) is 11.3 Å². The molecule has 2 aromatic carbocycles. The second kappa shape index (κ2) is 7.43. The van der Waals surface area contributed by atoms with Crippen molar-refractivity contribution in [2.75, 3.05) is 11.9 Å². The Hall–Kier alpha value is -2.44. The van der Waals surface area contributed by atoms with Crippen LogP contribution >= 0.6 is 15.9 Å². The highest BCUT2D eigenvalue weighted by Crippen LogP contribution is 2.31. The molecule has 6 heteroatoms. The second-order valence-electron chi connectivity index (χ2n) is 6.42. The van der Waals surface area contributed by atoms with Crippen LogP contribution in [0.15, 0.2) is 59.2 Å². The van der Waals surface area contributed by atoms with Crippen LogP contribution in [0.2, 0.25) is 0 Å². The molecule has 0 aliphatic carbocycles. The van der Waals surface area contributed by atoms with Crippen LogP contribution < -0.4 is 10.6 Å². The molecule has 3 aromatic rings. The summed E-state index contributed by atoms with van der Waals surface area (Å²) in [6, 6.07) is 16.1. The number of fused-ring (bicyclic) bond motifs is 1. The largest absolute Gasteiger partial charge is 0.341 e. The van der Waals surface area contributed by atoms with Crippen molar-refractivity contribution in [3.63, 3.8) is 0 Å². The van der Waals surface area contributed by atoms with Gasteiger partial charge in [0.2, 0.25) is 5.91 Å². The van der Waals surface area contributed by atoms with Gasteiger partial charge in [-0.05, 0) is 23.8 Å². The molecule has 1 amide bonds. The predicted molar refractivity (Wildman–Crippen MR) is 106 cm³/mol. The molecule has 0 bridgehead atoms. The van der Waals surface area contributed by atoms with Crippen LogP contribution in [0.4, 0.5) is 5.69 Å². The van der Waals surface area contributed by atoms with Crippen LogP contribution in [-0.4, -0.2) is 22.4 Å². The number of hydrogen-bond acceptors (Lipinski definition) is 3. The topological polar surface area (TPSA) is 69.8 Å². The molecule has 1 aromatic heterocycles. The number of benzene rings is 2. The minimum absolute atomic E-state index is 0.0745. The van der Waals surface area contributed by atoms with Crippen LogP contribution in [0.5, 0.6) is 0 Å². The van der Waals surface area contributed by atoms with E-state index >= 15 is 0 Å². The highest BCUT2D eigenvalue weighted by molar-refractivity contribution is 9.10. The molecule has 1 atom stereocenters. The van der Waals surface area contributed by atoms with Gasteiger partial charge in [-0.3, -0.25) is 4.79 Å². The van der Waals surface area contributed by atoms with Gasteiger partial charge in [-0.1, -0.05) is 46.3 Å². The number of imidazole rings is 1. The summed E-state index contributed by atoms with van der Waals surface area (Å²) in [5.74, 6) is 1.14. The fraction of sp³-hybridized carbons (Fsp3) is 0.200. The summed E-state index contributed by atoms with van der Waals surface area (Å²) < 4.78 is 1.04. The summed E-state index contributed by atoms with van der Waals surface area (Å²) in [6.07, 6.45) is 2.35. The zero-order valence-electron chi connectivity index (χ0n) is 14.1. The van der Waals surface area contributed by atoms with Gasteiger partial charge in [-0.15, -0.1) is 0 Å². The molecule has 26 heavy (non-hydrogen) atoms. The average Bonchev–Trinajstić information content (AvgIpc) is 3.10. The molecule has 5 nitrogen and oxygen atoms in total. The molecule has 2 heterocycles. The summed E-state index contributed by atoms with van der Waals surface area (Å²) in [6.45, 7) is 1.37. The zero-order chi connectivity index (χ0) is 17.9. The lowest BCUT2D eigenvalue weighted by Crippen LogP contribution is -2.29. The minimum atomic E-state index is 0.0745. The summed E-state index contributed by atoms with van der Waals surface area (Å²) in [5.41, 5.74) is 4.20. The number of aromatic amines is 1. The number of nitrogens with one attached hydrogen (secondary N) is 3. The van der Waals surface area contributed by atoms with E-state index in [1.165, 1.54) is 5.56 Å². The maximum absolute atomic E-state index is 11.9. The first-order valence-corrected chi connectivity index (χ1v) is 9.37. The average molecular weight is 411 g/mol. The number of aromatic nitrogens is 2. The third-order valence-corrected chi connectivity index (χ3v) is 5.05. The number of nitrogens with zero attached hydrogens (tertiary/aromatic N) is 1. The summed E-state index contributed by atoms with van der Waals surface area (Å²) in [7, 11) is 0. The number of hydrogen-bond donors (Lipinski definition) is 3. The van der Waals surface area contributed by atoms with E-state index in [0.29, 0.717) is 13.0 Å². The van der Waals surface area contributed by atoms with Crippen LogP contribution in [0.3, 0.4) is 0 Å². The molecule has 0 fully saturated rings. The molecular formula is C20H19BrN4O. The van der Waals surface area contributed by atoms with Crippen molar-refractivity contribution in [2.45, 2.75) is 18.9 Å². The highest BCUT2D eigenvalue weighted by Gasteiger charge is 2.24. The molecule has 1 aliphatic rings. The van der Waals surface area contributed by atoms with E-state index < -0.39 is 0 Å². The number of amides is 1. The van der Waals surface area contributed by atoms with Gasteiger partial charge in [-0.25, -0.2) is 4.98 Å². The van der Waals surface area contributed by atoms with Gasteiger partial charge in [0, 0.05) is 34.6 Å². The lowest BCUT2D eigenvalue weighted by atomic mass is 9.90. The van der Waals surface area contributed by atoms with Gasteiger partial charge < -0.3 is 15.6 Å². The Balaban J connectivity index is 1.39. The maximum atomic E-state index is 11.9. The van der Waals surface area contributed by atoms with Crippen molar-refractivity contribution < 1.29 is 4.79 Å². The van der Waals surface area contributed by atoms with E-state index in [2.05, 4.69) is 48.7 Å². The molecule has 0 saturated heterocycles. The van der Waals surface area contributed by atoms with Gasteiger partial charge in [-0.2, -0.15) is 0 Å². The quantitative estimate of drug-likeness (QED) is 0.593. The van der Waals surface area contributed by atoms with Gasteiger partial charge in [0.15, 0.2) is 0 Å². The monoisotopic (exact) mass is 410 g/mol. The third-order valence-electron chi connectivity index (χ3n) is 4.55. The molecule has 3 N–H and O–H groups in total. The summed E-state index contributed by atoms with van der Waals surface area (Å²) >= 11 is 3.49. The molecule has 0 spiro atoms. The number of halogens is 1. The van der Waals surface area contributed by atoms with Crippen molar-refractivity contribution >= 4 is 27.5 Å². The van der Waals surface area contributed by atoms with Gasteiger partial charge in [0.1, 0.15) is 5.82 Å². The van der Waals surface area contributed by atoms with Crippen molar-refractivity contribution in [2.24, 2.45) is 0 Å². The maximum Gasteiger partial charge on any atom is 0.225 e. The van der Waals surface area contributed by atoms with E-state index in [-0.39, 0.29) is 11.8 Å². The Kier molecular flexibility index (Phi) is 4.86. The van der Waals surface area contributed by atoms with Crippen LogP contribution in [0, 0.1) is 0 Å². The Morgan fingerprint density at radius 2 is 2.08 bits per heavy atom. The molecule has 0 saturated carbocycles. The molecule has 1 unspecified atom stereocenters. The minimum Gasteiger partial charge on any atom is -0.341 e. The fourth-order valence-electron chi connectivity index (χ4n) is 3.30. The SMILES string of the molecule is O=C1CC(CNCc2ncc(-c3cccc(Br)c3)[nH]2)c2ccccc2N1. The lowest BCUT2D eigenvalue weighted by molar-refractivity contribution is -0.116. The van der Waals surface area contributed by atoms with E-state index in [1.807, 2.05) is 42.6 Å². The second-order valence-corrected chi connectivity index (χ2v) is 7.34. The molecule has 0 radical (unpaired) electrons. The number of rotatable bonds is 5. The molecule has 1 aliphatic heterocycles. The third kappa shape index (κ3) is 3.71. The first-order valence-electron chi connectivity index (χ1n) is 8.58. The number of anilines is 1. The molecule has 132 valence electrons. The van der Waals surface area contributed by atoms with E-state index in [9.17, 15) is 4.79 Å². The van der Waals surface area contributed by atoms with Gasteiger partial charge >= 0.3 is 0 Å². The van der Waals surface area contributed by atoms with E-state index in [0.717, 1.165) is 33.8 Å². The van der Waals surface area contributed by atoms with Crippen LogP contribution in [0.25, 0.3) is 11.3 Å². The Labute approximate surface area is 160 Å². The number of carbonyl (C=O) groups is 1. The normalized spacial score (nSPS) is 16.2. The van der Waals surface area contributed by atoms with Gasteiger partial charge in [0.05, 0.1) is 18.4 Å². The first kappa shape index (κ1) is 17.0. The number of para-hydroxylation sites is 1. The molecular weight excluding hydrogens is 392 g/mol. The Morgan fingerprint density at radius 3 is 2.96 bits per heavy atom. The zero-order valence-corrected chi connectivity index (χ0v) is 15.7. The summed E-state index contributed by atoms with van der Waals surface area (Å²) in [4.78, 5) is 19.7. The van der Waals surface area contributed by atoms with Crippen molar-refractivity contribution in [1.82, 2.24) is 15.3 Å². The number of H-pyrrole nitrogens is 1. The molecule has 4 rings (SSSR count). The Bertz CT molecular complexity index is 937. The Morgan fingerprint density at radius 1 is 1.19 bits per heavy atom. The number of carbonyl (C=O) groups excluding carboxylic acids is 1. The smallest absolute Gasteiger partial charge is 0.225 e. The first-order chi connectivity index (χ1) is 12.7. The predicted octanol–water partition coefficient (Wildman–Crippen LogP) is 4.05. The van der Waals surface area contributed by atoms with Crippen LogP contribution in [-0.2, 0) is 11.3 Å². The fourth-order valence-corrected chi connectivity index (χ4v) is 3.70. The van der Waals surface area contributed by atoms with Gasteiger partial charge in [0.25, 0.3) is 0 Å². The van der Waals surface area contributed by atoms with E-state index in [1.54, 1.807) is 0 Å².